The van der Waals surface area contributed by atoms with Crippen molar-refractivity contribution in [1.29, 1.82) is 0 Å². The van der Waals surface area contributed by atoms with Crippen molar-refractivity contribution in [2.75, 3.05) is 0 Å². The Kier molecular flexibility index (Phi) is 4.60. The highest BCUT2D eigenvalue weighted by Crippen LogP contribution is 2.02. The van der Waals surface area contributed by atoms with Gasteiger partial charge >= 0.3 is 6.03 Å². The predicted molar refractivity (Wildman–Crippen MR) is 75.8 cm³/mol. The smallest absolute Gasteiger partial charge is 0.332 e. The average Bonchev–Trinajstić information content (AvgIpc) is 2.87. The van der Waals surface area contributed by atoms with E-state index in [9.17, 15) is 4.79 Å². The molecule has 0 saturated carbocycles. The van der Waals surface area contributed by atoms with Crippen molar-refractivity contribution in [2.24, 2.45) is 10.8 Å². The molecule has 7 nitrogen and oxygen atoms in total. The highest BCUT2D eigenvalue weighted by atomic mass is 16.2. The molecule has 2 amide bonds. The number of carbonyl (C=O) groups excluding carboxylic acids is 1. The van der Waals surface area contributed by atoms with Crippen LogP contribution in [0, 0.1) is 0 Å². The van der Waals surface area contributed by atoms with E-state index < -0.39 is 6.03 Å². The maximum atomic E-state index is 10.4. The van der Waals surface area contributed by atoms with Gasteiger partial charge in [0.15, 0.2) is 0 Å². The third-order valence-electron chi connectivity index (χ3n) is 2.35. The quantitative estimate of drug-likeness (QED) is 0.626. The Hall–Kier alpha value is -2.96. The van der Waals surface area contributed by atoms with Crippen molar-refractivity contribution in [3.05, 3.63) is 53.9 Å². The number of hydrogen-bond acceptors (Lipinski definition) is 4. The van der Waals surface area contributed by atoms with Crippen LogP contribution in [0.25, 0.3) is 6.08 Å². The normalized spacial score (nSPS) is 11.2. The molecule has 1 heterocycles. The zero-order chi connectivity index (χ0) is 14.2. The molecule has 0 bridgehead atoms. The number of nitrogens with zero attached hydrogens (tertiary/aromatic N) is 4. The van der Waals surface area contributed by atoms with Crippen molar-refractivity contribution < 1.29 is 4.79 Å². The number of rotatable bonds is 5. The molecule has 1 aromatic carbocycles. The lowest BCUT2D eigenvalue weighted by molar-refractivity contribution is 0.249. The summed E-state index contributed by atoms with van der Waals surface area (Å²) in [6.45, 7) is 0.666. The first kappa shape index (κ1) is 13.5. The summed E-state index contributed by atoms with van der Waals surface area (Å²) in [5.74, 6) is 0. The van der Waals surface area contributed by atoms with Gasteiger partial charge in [0.25, 0.3) is 0 Å². The lowest BCUT2D eigenvalue weighted by Gasteiger charge is -1.98. The number of allylic oxidation sites excluding steroid dienone is 1. The Bertz CT molecular complexity index is 617. The lowest BCUT2D eigenvalue weighted by atomic mass is 10.2. The maximum Gasteiger partial charge on any atom is 0.332 e. The fraction of sp³-hybridized carbons (Fsp3) is 0.0769. The first-order chi connectivity index (χ1) is 9.74. The Balaban J connectivity index is 1.91. The Morgan fingerprint density at radius 3 is 2.95 bits per heavy atom. The number of hydrogen-bond donors (Lipinski definition) is 2. The number of hydrazone groups is 1. The van der Waals surface area contributed by atoms with Crippen LogP contribution in [0.15, 0.2) is 47.7 Å². The summed E-state index contributed by atoms with van der Waals surface area (Å²) < 4.78 is 1.74. The molecule has 7 heteroatoms. The number of urea groups is 1. The number of primary amides is 1. The van der Waals surface area contributed by atoms with Gasteiger partial charge in [-0.05, 0) is 17.7 Å². The van der Waals surface area contributed by atoms with E-state index in [0.29, 0.717) is 12.2 Å². The minimum Gasteiger partial charge on any atom is -0.350 e. The number of aromatic nitrogens is 3. The average molecular weight is 270 g/mol. The molecule has 0 spiro atoms. The molecule has 0 radical (unpaired) electrons. The number of nitrogens with one attached hydrogen (secondary N) is 1. The molecular formula is C13H14N6O. The summed E-state index contributed by atoms with van der Waals surface area (Å²) in [7, 11) is 0. The predicted octanol–water partition coefficient (Wildman–Crippen LogP) is 0.994. The number of amides is 2. The second-order valence-corrected chi connectivity index (χ2v) is 3.94. The summed E-state index contributed by atoms with van der Waals surface area (Å²) in [4.78, 5) is 10.4. The van der Waals surface area contributed by atoms with E-state index in [0.717, 1.165) is 5.56 Å². The minimum atomic E-state index is -0.705. The molecule has 20 heavy (non-hydrogen) atoms. The molecular weight excluding hydrogens is 256 g/mol. The topological polar surface area (TPSA) is 98.2 Å². The summed E-state index contributed by atoms with van der Waals surface area (Å²) >= 11 is 0. The van der Waals surface area contributed by atoms with Crippen LogP contribution in [0.2, 0.25) is 0 Å². The summed E-state index contributed by atoms with van der Waals surface area (Å²) in [5, 5.41) is 11.6. The minimum absolute atomic E-state index is 0.666. The number of carbonyl (C=O) groups is 1. The van der Waals surface area contributed by atoms with Crippen molar-refractivity contribution in [3.63, 3.8) is 0 Å². The Morgan fingerprint density at radius 2 is 2.20 bits per heavy atom. The van der Waals surface area contributed by atoms with Gasteiger partial charge in [-0.1, -0.05) is 35.5 Å². The van der Waals surface area contributed by atoms with Gasteiger partial charge in [-0.2, -0.15) is 5.10 Å². The molecule has 0 aliphatic carbocycles. The van der Waals surface area contributed by atoms with Gasteiger partial charge in [-0.15, -0.1) is 5.10 Å². The highest BCUT2D eigenvalue weighted by Gasteiger charge is 1.98. The second kappa shape index (κ2) is 6.83. The summed E-state index contributed by atoms with van der Waals surface area (Å²) in [6.07, 6.45) is 6.58. The molecule has 0 aliphatic rings. The van der Waals surface area contributed by atoms with E-state index in [1.54, 1.807) is 16.8 Å². The van der Waals surface area contributed by atoms with E-state index in [1.807, 2.05) is 36.5 Å². The van der Waals surface area contributed by atoms with E-state index >= 15 is 0 Å². The van der Waals surface area contributed by atoms with Gasteiger partial charge in [0.1, 0.15) is 5.69 Å². The molecule has 0 aliphatic heterocycles. The third-order valence-corrected chi connectivity index (χ3v) is 2.35. The van der Waals surface area contributed by atoms with Crippen LogP contribution in [0.4, 0.5) is 4.79 Å². The van der Waals surface area contributed by atoms with E-state index in [4.69, 9.17) is 5.73 Å². The van der Waals surface area contributed by atoms with E-state index in [2.05, 4.69) is 20.8 Å². The molecule has 3 N–H and O–H groups in total. The molecule has 102 valence electrons. The van der Waals surface area contributed by atoms with E-state index in [-0.39, 0.29) is 0 Å². The molecule has 1 aromatic heterocycles. The van der Waals surface area contributed by atoms with Gasteiger partial charge in [0.05, 0.1) is 12.7 Å². The SMILES string of the molecule is NC(=O)N/N=C/C=C/c1cn(Cc2ccccc2)nn1. The van der Waals surface area contributed by atoms with Crippen LogP contribution in [-0.4, -0.2) is 27.2 Å². The van der Waals surface area contributed by atoms with Crippen LogP contribution in [0.1, 0.15) is 11.3 Å². The Labute approximate surface area is 115 Å². The zero-order valence-electron chi connectivity index (χ0n) is 10.7. The summed E-state index contributed by atoms with van der Waals surface area (Å²) in [5.41, 5.74) is 8.79. The molecule has 0 fully saturated rings. The third kappa shape index (κ3) is 4.37. The van der Waals surface area contributed by atoms with Crippen LogP contribution < -0.4 is 11.2 Å². The van der Waals surface area contributed by atoms with E-state index in [1.165, 1.54) is 6.21 Å². The standard InChI is InChI=1S/C13H14N6O/c14-13(20)17-15-8-4-7-12-10-19(18-16-12)9-11-5-2-1-3-6-11/h1-8,10H,9H2,(H3,14,17,20)/b7-4+,15-8+. The molecule has 0 atom stereocenters. The van der Waals surface area contributed by atoms with Crippen molar-refractivity contribution >= 4 is 18.3 Å². The van der Waals surface area contributed by atoms with Gasteiger partial charge in [0, 0.05) is 6.21 Å². The van der Waals surface area contributed by atoms with Crippen LogP contribution in [0.5, 0.6) is 0 Å². The maximum absolute atomic E-state index is 10.4. The van der Waals surface area contributed by atoms with Crippen LogP contribution >= 0.6 is 0 Å². The fourth-order valence-electron chi connectivity index (χ4n) is 1.52. The fourth-order valence-corrected chi connectivity index (χ4v) is 1.52. The van der Waals surface area contributed by atoms with Gasteiger partial charge in [-0.3, -0.25) is 0 Å². The lowest BCUT2D eigenvalue weighted by Crippen LogP contribution is -2.24. The largest absolute Gasteiger partial charge is 0.350 e. The van der Waals surface area contributed by atoms with Crippen molar-refractivity contribution in [2.45, 2.75) is 6.54 Å². The molecule has 0 unspecified atom stereocenters. The van der Waals surface area contributed by atoms with Gasteiger partial charge in [0.2, 0.25) is 0 Å². The second-order valence-electron chi connectivity index (χ2n) is 3.94. The molecule has 2 rings (SSSR count). The molecule has 0 saturated heterocycles. The first-order valence-electron chi connectivity index (χ1n) is 5.93. The van der Waals surface area contributed by atoms with Gasteiger partial charge in [-0.25, -0.2) is 14.9 Å². The van der Waals surface area contributed by atoms with Crippen LogP contribution in [-0.2, 0) is 6.54 Å². The van der Waals surface area contributed by atoms with Crippen molar-refractivity contribution in [1.82, 2.24) is 20.4 Å². The molecule has 2 aromatic rings. The number of benzene rings is 1. The van der Waals surface area contributed by atoms with Crippen LogP contribution in [0.3, 0.4) is 0 Å². The Morgan fingerprint density at radius 1 is 1.40 bits per heavy atom. The summed E-state index contributed by atoms with van der Waals surface area (Å²) in [6, 6.07) is 9.28. The monoisotopic (exact) mass is 270 g/mol. The number of nitrogens with two attached hydrogens (primary N) is 1. The highest BCUT2D eigenvalue weighted by molar-refractivity contribution is 5.79. The van der Waals surface area contributed by atoms with Gasteiger partial charge < -0.3 is 5.73 Å². The van der Waals surface area contributed by atoms with Crippen molar-refractivity contribution in [3.8, 4) is 0 Å². The zero-order valence-corrected chi connectivity index (χ0v) is 10.7. The first-order valence-corrected chi connectivity index (χ1v) is 5.93.